The average molecular weight is 301 g/mol. The number of aryl methyl sites for hydroxylation is 2. The van der Waals surface area contributed by atoms with Crippen molar-refractivity contribution in [2.24, 2.45) is 7.05 Å². The molecule has 0 saturated carbocycles. The minimum atomic E-state index is 0.610. The van der Waals surface area contributed by atoms with E-state index in [-0.39, 0.29) is 0 Å². The number of thioether (sulfide) groups is 1. The molecule has 0 aliphatic heterocycles. The first-order chi connectivity index (χ1) is 10.2. The summed E-state index contributed by atoms with van der Waals surface area (Å²) in [6.45, 7) is 1.97. The van der Waals surface area contributed by atoms with Crippen LogP contribution in [0.5, 0.6) is 0 Å². The van der Waals surface area contributed by atoms with Crippen molar-refractivity contribution in [2.45, 2.75) is 17.8 Å². The van der Waals surface area contributed by atoms with Gasteiger partial charge in [-0.05, 0) is 12.5 Å². The van der Waals surface area contributed by atoms with Crippen LogP contribution in [0.3, 0.4) is 0 Å². The van der Waals surface area contributed by atoms with Gasteiger partial charge in [-0.25, -0.2) is 19.9 Å². The summed E-state index contributed by atoms with van der Waals surface area (Å²) in [4.78, 5) is 17.6. The van der Waals surface area contributed by atoms with E-state index in [1.54, 1.807) is 23.3 Å². The van der Waals surface area contributed by atoms with Crippen LogP contribution in [0.4, 0.5) is 5.82 Å². The smallest absolute Gasteiger partial charge is 0.187 e. The highest BCUT2D eigenvalue weighted by Gasteiger charge is 2.11. The van der Waals surface area contributed by atoms with Gasteiger partial charge >= 0.3 is 0 Å². The molecule has 3 aromatic heterocycles. The summed E-state index contributed by atoms with van der Waals surface area (Å²) < 4.78 is 1.74. The maximum absolute atomic E-state index is 4.55. The standard InChI is InChI=1S/C13H15N7S/c1-8-4-15-13(16-5-8)21-7-10-18-11(14-2)9-6-17-20(3)12(9)19-10/h4-6H,7H2,1-3H3,(H,14,18,19). The largest absolute Gasteiger partial charge is 0.372 e. The molecule has 0 amide bonds. The van der Waals surface area contributed by atoms with E-state index < -0.39 is 0 Å². The van der Waals surface area contributed by atoms with E-state index >= 15 is 0 Å². The number of anilines is 1. The molecule has 8 heteroatoms. The van der Waals surface area contributed by atoms with Crippen LogP contribution >= 0.6 is 11.8 Å². The molecule has 0 bridgehead atoms. The van der Waals surface area contributed by atoms with Crippen molar-refractivity contribution in [3.05, 3.63) is 30.0 Å². The van der Waals surface area contributed by atoms with E-state index in [9.17, 15) is 0 Å². The van der Waals surface area contributed by atoms with Gasteiger partial charge in [0.25, 0.3) is 0 Å². The lowest BCUT2D eigenvalue weighted by atomic mass is 10.4. The van der Waals surface area contributed by atoms with Crippen molar-refractivity contribution in [2.75, 3.05) is 12.4 Å². The lowest BCUT2D eigenvalue weighted by Gasteiger charge is -2.05. The van der Waals surface area contributed by atoms with Crippen molar-refractivity contribution >= 4 is 28.6 Å². The van der Waals surface area contributed by atoms with Crippen LogP contribution in [-0.2, 0) is 12.8 Å². The van der Waals surface area contributed by atoms with E-state index in [2.05, 4.69) is 30.4 Å². The third kappa shape index (κ3) is 2.80. The SMILES string of the molecule is CNc1nc(CSc2ncc(C)cn2)nc2c1cnn2C. The zero-order chi connectivity index (χ0) is 14.8. The van der Waals surface area contributed by atoms with Gasteiger partial charge in [-0.3, -0.25) is 4.68 Å². The molecule has 0 fully saturated rings. The Labute approximate surface area is 126 Å². The van der Waals surface area contributed by atoms with E-state index in [0.717, 1.165) is 33.4 Å². The predicted molar refractivity (Wildman–Crippen MR) is 82.2 cm³/mol. The van der Waals surface area contributed by atoms with Crippen LogP contribution in [0.1, 0.15) is 11.4 Å². The van der Waals surface area contributed by atoms with Crippen LogP contribution in [0.15, 0.2) is 23.7 Å². The van der Waals surface area contributed by atoms with E-state index in [1.165, 1.54) is 11.8 Å². The monoisotopic (exact) mass is 301 g/mol. The molecule has 0 aliphatic rings. The highest BCUT2D eigenvalue weighted by Crippen LogP contribution is 2.22. The van der Waals surface area contributed by atoms with E-state index in [0.29, 0.717) is 5.75 Å². The molecule has 108 valence electrons. The molecule has 3 aromatic rings. The molecule has 21 heavy (non-hydrogen) atoms. The fourth-order valence-electron chi connectivity index (χ4n) is 1.91. The van der Waals surface area contributed by atoms with Crippen LogP contribution in [0, 0.1) is 6.92 Å². The fraction of sp³-hybridized carbons (Fsp3) is 0.308. The number of rotatable bonds is 4. The van der Waals surface area contributed by atoms with E-state index in [1.807, 2.05) is 21.0 Å². The van der Waals surface area contributed by atoms with Gasteiger partial charge in [0.1, 0.15) is 11.6 Å². The molecule has 0 atom stereocenters. The zero-order valence-corrected chi connectivity index (χ0v) is 12.8. The summed E-state index contributed by atoms with van der Waals surface area (Å²) in [6, 6.07) is 0. The molecule has 0 spiro atoms. The Balaban J connectivity index is 1.86. The summed E-state index contributed by atoms with van der Waals surface area (Å²) in [7, 11) is 3.71. The number of hydrogen-bond donors (Lipinski definition) is 1. The zero-order valence-electron chi connectivity index (χ0n) is 12.0. The highest BCUT2D eigenvalue weighted by molar-refractivity contribution is 7.98. The van der Waals surface area contributed by atoms with Gasteiger partial charge in [0, 0.05) is 26.5 Å². The number of fused-ring (bicyclic) bond motifs is 1. The second-order valence-electron chi connectivity index (χ2n) is 4.58. The van der Waals surface area contributed by atoms with Crippen molar-refractivity contribution in [3.63, 3.8) is 0 Å². The Bertz CT molecular complexity index is 766. The Morgan fingerprint density at radius 3 is 2.67 bits per heavy atom. The van der Waals surface area contributed by atoms with Crippen molar-refractivity contribution in [3.8, 4) is 0 Å². The summed E-state index contributed by atoms with van der Waals surface area (Å²) in [5, 5.41) is 8.94. The van der Waals surface area contributed by atoms with Gasteiger partial charge in [0.15, 0.2) is 10.8 Å². The van der Waals surface area contributed by atoms with Crippen LogP contribution in [0.2, 0.25) is 0 Å². The first-order valence-corrected chi connectivity index (χ1v) is 7.44. The van der Waals surface area contributed by atoms with Crippen molar-refractivity contribution in [1.82, 2.24) is 29.7 Å². The predicted octanol–water partition coefficient (Wildman–Crippen LogP) is 1.80. The molecule has 1 N–H and O–H groups in total. The van der Waals surface area contributed by atoms with Crippen molar-refractivity contribution in [1.29, 1.82) is 0 Å². The first-order valence-electron chi connectivity index (χ1n) is 6.45. The molecule has 0 saturated heterocycles. The lowest BCUT2D eigenvalue weighted by molar-refractivity contribution is 0.782. The molecule has 0 unspecified atom stereocenters. The maximum atomic E-state index is 4.55. The third-order valence-electron chi connectivity index (χ3n) is 2.96. The van der Waals surface area contributed by atoms with Gasteiger partial charge in [0.05, 0.1) is 17.3 Å². The molecule has 7 nitrogen and oxygen atoms in total. The molecular formula is C13H15N7S. The Morgan fingerprint density at radius 1 is 1.19 bits per heavy atom. The first kappa shape index (κ1) is 13.7. The quantitative estimate of drug-likeness (QED) is 0.581. The van der Waals surface area contributed by atoms with E-state index in [4.69, 9.17) is 0 Å². The number of nitrogens with zero attached hydrogens (tertiary/aromatic N) is 6. The summed E-state index contributed by atoms with van der Waals surface area (Å²) >= 11 is 1.51. The van der Waals surface area contributed by atoms with Gasteiger partial charge in [-0.15, -0.1) is 0 Å². The maximum Gasteiger partial charge on any atom is 0.187 e. The molecule has 3 heterocycles. The summed E-state index contributed by atoms with van der Waals surface area (Å²) in [6.07, 6.45) is 5.38. The Kier molecular flexibility index (Phi) is 3.70. The minimum absolute atomic E-state index is 0.610. The Morgan fingerprint density at radius 2 is 1.95 bits per heavy atom. The summed E-state index contributed by atoms with van der Waals surface area (Å²) in [5.74, 6) is 2.12. The molecule has 0 radical (unpaired) electrons. The van der Waals surface area contributed by atoms with Gasteiger partial charge in [-0.1, -0.05) is 11.8 Å². The third-order valence-corrected chi connectivity index (χ3v) is 3.83. The van der Waals surface area contributed by atoms with Gasteiger partial charge in [0.2, 0.25) is 0 Å². The topological polar surface area (TPSA) is 81.4 Å². The fourth-order valence-corrected chi connectivity index (χ4v) is 2.55. The second kappa shape index (κ2) is 5.65. The normalized spacial score (nSPS) is 11.0. The summed E-state index contributed by atoms with van der Waals surface area (Å²) in [5.41, 5.74) is 1.86. The Hall–Kier alpha value is -2.22. The van der Waals surface area contributed by atoms with Gasteiger partial charge in [-0.2, -0.15) is 5.10 Å². The molecule has 0 aromatic carbocycles. The van der Waals surface area contributed by atoms with Crippen molar-refractivity contribution < 1.29 is 0 Å². The second-order valence-corrected chi connectivity index (χ2v) is 5.52. The average Bonchev–Trinajstić information content (AvgIpc) is 2.87. The minimum Gasteiger partial charge on any atom is -0.372 e. The number of hydrogen-bond acceptors (Lipinski definition) is 7. The van der Waals surface area contributed by atoms with Gasteiger partial charge < -0.3 is 5.32 Å². The van der Waals surface area contributed by atoms with Crippen LogP contribution < -0.4 is 5.32 Å². The van der Waals surface area contributed by atoms with Crippen LogP contribution in [-0.4, -0.2) is 36.8 Å². The highest BCUT2D eigenvalue weighted by atomic mass is 32.2. The molecule has 3 rings (SSSR count). The number of nitrogens with one attached hydrogen (secondary N) is 1. The van der Waals surface area contributed by atoms with Crippen LogP contribution in [0.25, 0.3) is 11.0 Å². The molecular weight excluding hydrogens is 286 g/mol. The number of aromatic nitrogens is 6. The lowest BCUT2D eigenvalue weighted by Crippen LogP contribution is -2.02. The molecule has 0 aliphatic carbocycles.